The number of thiazole rings is 1. The molecular weight excluding hydrogens is 461 g/mol. The van der Waals surface area contributed by atoms with Crippen LogP contribution in [0.15, 0.2) is 48.5 Å². The van der Waals surface area contributed by atoms with Crippen molar-refractivity contribution in [2.45, 2.75) is 45.3 Å². The maximum absolute atomic E-state index is 13.1. The van der Waals surface area contributed by atoms with Crippen LogP contribution in [-0.2, 0) is 17.5 Å². The van der Waals surface area contributed by atoms with Gasteiger partial charge in [0, 0.05) is 22.9 Å². The number of hydrogen-bond acceptors (Lipinski definition) is 4. The number of nitrogens with one attached hydrogen (secondary N) is 1. The van der Waals surface area contributed by atoms with E-state index in [1.807, 2.05) is 43.3 Å². The van der Waals surface area contributed by atoms with Crippen molar-refractivity contribution in [2.24, 2.45) is 5.92 Å². The summed E-state index contributed by atoms with van der Waals surface area (Å²) in [6.45, 7) is 3.83. The van der Waals surface area contributed by atoms with Gasteiger partial charge in [0.2, 0.25) is 5.91 Å². The van der Waals surface area contributed by atoms with Gasteiger partial charge in [-0.25, -0.2) is 4.98 Å². The normalized spacial score (nSPS) is 15.0. The van der Waals surface area contributed by atoms with Gasteiger partial charge in [-0.3, -0.25) is 9.48 Å². The topological polar surface area (TPSA) is 59.8 Å². The highest BCUT2D eigenvalue weighted by atomic mass is 32.1. The zero-order valence-electron chi connectivity index (χ0n) is 18.7. The number of fused-ring (bicyclic) bond motifs is 1. The Morgan fingerprint density at radius 1 is 1.18 bits per heavy atom. The van der Waals surface area contributed by atoms with Gasteiger partial charge in [-0.15, -0.1) is 11.3 Å². The standard InChI is InChI=1S/C25H23F3N4OS/c1-14-3-10-19-21(11-14)34-24(30-19)17-6-8-18(9-7-17)29-23(33)15(2)13-32-20(16-4-5-16)12-22(31-32)25(26,27)28/h3,6-12,15-16H,4-5,13H2,1-2H3,(H,29,33). The van der Waals surface area contributed by atoms with Gasteiger partial charge in [0.15, 0.2) is 5.69 Å². The van der Waals surface area contributed by atoms with E-state index in [1.54, 1.807) is 18.3 Å². The number of carbonyl (C=O) groups is 1. The third-order valence-corrected chi connectivity index (χ3v) is 7.00. The second kappa shape index (κ2) is 8.54. The number of nitrogens with zero attached hydrogens (tertiary/aromatic N) is 3. The van der Waals surface area contributed by atoms with Gasteiger partial charge in [-0.1, -0.05) is 13.0 Å². The molecule has 5 nitrogen and oxygen atoms in total. The smallest absolute Gasteiger partial charge is 0.326 e. The highest BCUT2D eigenvalue weighted by Crippen LogP contribution is 2.42. The van der Waals surface area contributed by atoms with Crippen LogP contribution in [0.2, 0.25) is 0 Å². The summed E-state index contributed by atoms with van der Waals surface area (Å²) in [6, 6.07) is 14.7. The third kappa shape index (κ3) is 4.70. The number of amides is 1. The fourth-order valence-corrected chi connectivity index (χ4v) is 4.95. The lowest BCUT2D eigenvalue weighted by molar-refractivity contribution is -0.141. The Balaban J connectivity index is 1.26. The fraction of sp³-hybridized carbons (Fsp3) is 0.320. The molecule has 34 heavy (non-hydrogen) atoms. The van der Waals surface area contributed by atoms with Crippen LogP contribution in [0.5, 0.6) is 0 Å². The predicted octanol–water partition coefficient (Wildman–Crippen LogP) is 6.64. The summed E-state index contributed by atoms with van der Waals surface area (Å²) < 4.78 is 41.8. The minimum Gasteiger partial charge on any atom is -0.326 e. The maximum atomic E-state index is 13.1. The van der Waals surface area contributed by atoms with E-state index in [0.717, 1.165) is 39.7 Å². The monoisotopic (exact) mass is 484 g/mol. The molecule has 0 spiro atoms. The third-order valence-electron chi connectivity index (χ3n) is 5.93. The number of rotatable bonds is 6. The van der Waals surface area contributed by atoms with Gasteiger partial charge in [0.25, 0.3) is 0 Å². The Hall–Kier alpha value is -3.20. The first kappa shape index (κ1) is 22.6. The predicted molar refractivity (Wildman–Crippen MR) is 127 cm³/mol. The van der Waals surface area contributed by atoms with Gasteiger partial charge < -0.3 is 5.32 Å². The molecule has 2 aromatic heterocycles. The summed E-state index contributed by atoms with van der Waals surface area (Å²) in [6.07, 6.45) is -2.79. The Morgan fingerprint density at radius 2 is 1.91 bits per heavy atom. The van der Waals surface area contributed by atoms with Crippen LogP contribution >= 0.6 is 11.3 Å². The van der Waals surface area contributed by atoms with Gasteiger partial charge in [-0.05, 0) is 67.8 Å². The van der Waals surface area contributed by atoms with Crippen molar-refractivity contribution in [3.8, 4) is 10.6 Å². The molecule has 5 rings (SSSR count). The van der Waals surface area contributed by atoms with Crippen molar-refractivity contribution in [1.82, 2.24) is 14.8 Å². The zero-order chi connectivity index (χ0) is 24.0. The first-order valence-electron chi connectivity index (χ1n) is 11.1. The molecule has 1 fully saturated rings. The maximum Gasteiger partial charge on any atom is 0.435 e. The molecule has 1 aliphatic rings. The first-order valence-corrected chi connectivity index (χ1v) is 11.9. The van der Waals surface area contributed by atoms with Gasteiger partial charge in [0.05, 0.1) is 22.7 Å². The van der Waals surface area contributed by atoms with Crippen LogP contribution < -0.4 is 5.32 Å². The Kier molecular flexibility index (Phi) is 5.67. The summed E-state index contributed by atoms with van der Waals surface area (Å²) in [5, 5.41) is 7.50. The molecule has 1 saturated carbocycles. The summed E-state index contributed by atoms with van der Waals surface area (Å²) in [7, 11) is 0. The minimum absolute atomic E-state index is 0.0942. The lowest BCUT2D eigenvalue weighted by Crippen LogP contribution is -2.25. The largest absolute Gasteiger partial charge is 0.435 e. The van der Waals surface area contributed by atoms with E-state index in [4.69, 9.17) is 0 Å². The van der Waals surface area contributed by atoms with Crippen LogP contribution in [-0.4, -0.2) is 20.7 Å². The van der Waals surface area contributed by atoms with E-state index < -0.39 is 17.8 Å². The van der Waals surface area contributed by atoms with E-state index in [-0.39, 0.29) is 18.4 Å². The second-order valence-electron chi connectivity index (χ2n) is 8.87. The summed E-state index contributed by atoms with van der Waals surface area (Å²) in [5.41, 5.74) is 3.37. The molecule has 2 heterocycles. The number of halogens is 3. The van der Waals surface area contributed by atoms with Crippen molar-refractivity contribution in [3.05, 3.63) is 65.5 Å². The molecule has 1 N–H and O–H groups in total. The average Bonchev–Trinajstić information content (AvgIpc) is 3.39. The number of aryl methyl sites for hydroxylation is 1. The number of hydrogen-bond donors (Lipinski definition) is 1. The molecule has 1 amide bonds. The average molecular weight is 485 g/mol. The van der Waals surface area contributed by atoms with Crippen molar-refractivity contribution < 1.29 is 18.0 Å². The molecule has 0 bridgehead atoms. The van der Waals surface area contributed by atoms with E-state index in [1.165, 1.54) is 10.2 Å². The summed E-state index contributed by atoms with van der Waals surface area (Å²) in [5.74, 6) is -0.725. The van der Waals surface area contributed by atoms with E-state index in [2.05, 4.69) is 21.5 Å². The molecule has 9 heteroatoms. The lowest BCUT2D eigenvalue weighted by atomic mass is 10.1. The molecular formula is C25H23F3N4OS. The molecule has 1 unspecified atom stereocenters. The summed E-state index contributed by atoms with van der Waals surface area (Å²) >= 11 is 1.61. The van der Waals surface area contributed by atoms with Crippen LogP contribution in [0.4, 0.5) is 18.9 Å². The zero-order valence-corrected chi connectivity index (χ0v) is 19.5. The lowest BCUT2D eigenvalue weighted by Gasteiger charge is -2.14. The first-order chi connectivity index (χ1) is 16.2. The van der Waals surface area contributed by atoms with E-state index in [0.29, 0.717) is 11.4 Å². The Bertz CT molecular complexity index is 1350. The van der Waals surface area contributed by atoms with Gasteiger partial charge in [0.1, 0.15) is 5.01 Å². The Labute approximate surface area is 198 Å². The van der Waals surface area contributed by atoms with E-state index in [9.17, 15) is 18.0 Å². The number of benzene rings is 2. The fourth-order valence-electron chi connectivity index (χ4n) is 3.88. The van der Waals surface area contributed by atoms with Crippen LogP contribution in [0, 0.1) is 12.8 Å². The molecule has 0 aliphatic heterocycles. The number of alkyl halides is 3. The van der Waals surface area contributed by atoms with Crippen LogP contribution in [0.1, 0.15) is 42.6 Å². The number of aromatic nitrogens is 3. The van der Waals surface area contributed by atoms with Crippen molar-refractivity contribution >= 4 is 33.1 Å². The van der Waals surface area contributed by atoms with Gasteiger partial charge >= 0.3 is 6.18 Å². The second-order valence-corrected chi connectivity index (χ2v) is 9.90. The van der Waals surface area contributed by atoms with Crippen molar-refractivity contribution in [3.63, 3.8) is 0 Å². The minimum atomic E-state index is -4.50. The molecule has 0 radical (unpaired) electrons. The van der Waals surface area contributed by atoms with Crippen molar-refractivity contribution in [2.75, 3.05) is 5.32 Å². The summed E-state index contributed by atoms with van der Waals surface area (Å²) in [4.78, 5) is 17.4. The molecule has 4 aromatic rings. The molecule has 2 aromatic carbocycles. The van der Waals surface area contributed by atoms with Crippen molar-refractivity contribution in [1.29, 1.82) is 0 Å². The number of anilines is 1. The highest BCUT2D eigenvalue weighted by molar-refractivity contribution is 7.21. The highest BCUT2D eigenvalue weighted by Gasteiger charge is 2.38. The van der Waals surface area contributed by atoms with Gasteiger partial charge in [-0.2, -0.15) is 18.3 Å². The number of carbonyl (C=O) groups excluding carboxylic acids is 1. The SMILES string of the molecule is Cc1ccc2nc(-c3ccc(NC(=O)C(C)Cn4nc(C(F)(F)F)cc4C4CC4)cc3)sc2c1. The van der Waals surface area contributed by atoms with Crippen LogP contribution in [0.3, 0.4) is 0 Å². The molecule has 1 atom stereocenters. The molecule has 176 valence electrons. The molecule has 1 aliphatic carbocycles. The Morgan fingerprint density at radius 3 is 2.59 bits per heavy atom. The van der Waals surface area contributed by atoms with Crippen LogP contribution in [0.25, 0.3) is 20.8 Å². The molecule has 0 saturated heterocycles. The van der Waals surface area contributed by atoms with E-state index >= 15 is 0 Å². The quantitative estimate of drug-likeness (QED) is 0.334.